The van der Waals surface area contributed by atoms with Crippen LogP contribution in [0.4, 0.5) is 5.69 Å². The standard InChI is InChI=1S/C24H29NO2/c1-4-13-27-23-14-18-7-5-6-8-20(18)22-15-21(16(2)25-24(22)23)17-9-11-19(26-3)12-10-17/h9-12,14-16,25H,4-8,13H2,1-3H3. The van der Waals surface area contributed by atoms with Crippen molar-refractivity contribution in [1.29, 1.82) is 0 Å². The Balaban J connectivity index is 1.81. The quantitative estimate of drug-likeness (QED) is 0.737. The summed E-state index contributed by atoms with van der Waals surface area (Å²) in [5, 5.41) is 3.74. The number of methoxy groups -OCH3 is 1. The van der Waals surface area contributed by atoms with Gasteiger partial charge in [0.15, 0.2) is 0 Å². The number of aryl methyl sites for hydroxylation is 1. The lowest BCUT2D eigenvalue weighted by Gasteiger charge is -2.31. The Morgan fingerprint density at radius 2 is 1.89 bits per heavy atom. The zero-order valence-corrected chi connectivity index (χ0v) is 16.6. The molecule has 1 atom stereocenters. The molecule has 2 aromatic carbocycles. The summed E-state index contributed by atoms with van der Waals surface area (Å²) in [6.45, 7) is 5.14. The van der Waals surface area contributed by atoms with Crippen LogP contribution in [-0.2, 0) is 12.8 Å². The molecule has 2 aromatic rings. The highest BCUT2D eigenvalue weighted by Crippen LogP contribution is 2.43. The van der Waals surface area contributed by atoms with Gasteiger partial charge in [0.05, 0.1) is 19.4 Å². The summed E-state index contributed by atoms with van der Waals surface area (Å²) in [6, 6.07) is 10.9. The van der Waals surface area contributed by atoms with E-state index in [1.165, 1.54) is 46.4 Å². The van der Waals surface area contributed by atoms with Crippen molar-refractivity contribution in [1.82, 2.24) is 0 Å². The molecule has 0 radical (unpaired) electrons. The highest BCUT2D eigenvalue weighted by atomic mass is 16.5. The fourth-order valence-electron chi connectivity index (χ4n) is 4.24. The van der Waals surface area contributed by atoms with Crippen LogP contribution in [0.5, 0.6) is 11.5 Å². The molecule has 0 saturated heterocycles. The van der Waals surface area contributed by atoms with Crippen molar-refractivity contribution < 1.29 is 9.47 Å². The minimum Gasteiger partial charge on any atom is -0.497 e. The van der Waals surface area contributed by atoms with E-state index in [1.54, 1.807) is 7.11 Å². The Morgan fingerprint density at radius 3 is 2.63 bits per heavy atom. The second kappa shape index (κ2) is 7.67. The summed E-state index contributed by atoms with van der Waals surface area (Å²) in [4.78, 5) is 0. The third kappa shape index (κ3) is 3.43. The maximum atomic E-state index is 6.13. The number of anilines is 1. The molecule has 142 valence electrons. The van der Waals surface area contributed by atoms with Crippen molar-refractivity contribution in [2.45, 2.75) is 52.0 Å². The van der Waals surface area contributed by atoms with Crippen LogP contribution in [-0.4, -0.2) is 19.8 Å². The average molecular weight is 364 g/mol. The normalized spacial score (nSPS) is 18.0. The lowest BCUT2D eigenvalue weighted by atomic mass is 9.83. The van der Waals surface area contributed by atoms with E-state index in [9.17, 15) is 0 Å². The minimum atomic E-state index is 0.233. The maximum Gasteiger partial charge on any atom is 0.143 e. The van der Waals surface area contributed by atoms with Gasteiger partial charge in [-0.1, -0.05) is 19.1 Å². The number of benzene rings is 2. The van der Waals surface area contributed by atoms with Crippen LogP contribution in [0.1, 0.15) is 55.4 Å². The van der Waals surface area contributed by atoms with Crippen molar-refractivity contribution >= 4 is 17.3 Å². The second-order valence-corrected chi connectivity index (χ2v) is 7.55. The SMILES string of the molecule is CCCOc1cc2c(c3c1NC(C)C(c1ccc(OC)cc1)=C3)CCCC2. The molecule has 2 aliphatic rings. The van der Waals surface area contributed by atoms with E-state index in [-0.39, 0.29) is 6.04 Å². The Hall–Kier alpha value is -2.42. The largest absolute Gasteiger partial charge is 0.497 e. The lowest BCUT2D eigenvalue weighted by molar-refractivity contribution is 0.318. The zero-order chi connectivity index (χ0) is 18.8. The molecule has 4 rings (SSSR count). The summed E-state index contributed by atoms with van der Waals surface area (Å²) < 4.78 is 11.4. The number of hydrogen-bond donors (Lipinski definition) is 1. The van der Waals surface area contributed by atoms with Crippen LogP contribution in [0.2, 0.25) is 0 Å². The predicted molar refractivity (Wildman–Crippen MR) is 113 cm³/mol. The van der Waals surface area contributed by atoms with Gasteiger partial charge >= 0.3 is 0 Å². The van der Waals surface area contributed by atoms with Gasteiger partial charge in [-0.2, -0.15) is 0 Å². The van der Waals surface area contributed by atoms with Gasteiger partial charge in [-0.05, 0) is 85.6 Å². The van der Waals surface area contributed by atoms with E-state index in [1.807, 2.05) is 12.1 Å². The van der Waals surface area contributed by atoms with Gasteiger partial charge in [-0.25, -0.2) is 0 Å². The van der Waals surface area contributed by atoms with Crippen molar-refractivity contribution in [3.63, 3.8) is 0 Å². The Labute approximate surface area is 162 Å². The third-order valence-electron chi connectivity index (χ3n) is 5.67. The van der Waals surface area contributed by atoms with Gasteiger partial charge in [0, 0.05) is 11.6 Å². The van der Waals surface area contributed by atoms with E-state index < -0.39 is 0 Å². The first-order chi connectivity index (χ1) is 13.2. The summed E-state index contributed by atoms with van der Waals surface area (Å²) in [5.74, 6) is 1.91. The lowest BCUT2D eigenvalue weighted by Crippen LogP contribution is -2.23. The smallest absolute Gasteiger partial charge is 0.143 e. The number of rotatable bonds is 5. The molecule has 1 heterocycles. The second-order valence-electron chi connectivity index (χ2n) is 7.55. The molecule has 0 fully saturated rings. The van der Waals surface area contributed by atoms with E-state index in [0.717, 1.165) is 37.4 Å². The van der Waals surface area contributed by atoms with Crippen LogP contribution in [0.15, 0.2) is 30.3 Å². The van der Waals surface area contributed by atoms with Crippen molar-refractivity contribution in [2.75, 3.05) is 19.0 Å². The number of fused-ring (bicyclic) bond motifs is 3. The molecular weight excluding hydrogens is 334 g/mol. The molecule has 0 amide bonds. The molecular formula is C24H29NO2. The molecule has 1 aliphatic heterocycles. The van der Waals surface area contributed by atoms with Gasteiger partial charge in [-0.3, -0.25) is 0 Å². The predicted octanol–water partition coefficient (Wildman–Crippen LogP) is 5.72. The van der Waals surface area contributed by atoms with Gasteiger partial charge in [0.1, 0.15) is 11.5 Å². The summed E-state index contributed by atoms with van der Waals surface area (Å²) in [5.41, 5.74) is 8.05. The molecule has 1 unspecified atom stereocenters. The van der Waals surface area contributed by atoms with E-state index >= 15 is 0 Å². The van der Waals surface area contributed by atoms with E-state index in [4.69, 9.17) is 9.47 Å². The molecule has 0 spiro atoms. The highest BCUT2D eigenvalue weighted by molar-refractivity contribution is 5.95. The first-order valence-electron chi connectivity index (χ1n) is 10.2. The van der Waals surface area contributed by atoms with Crippen molar-refractivity contribution in [2.24, 2.45) is 0 Å². The molecule has 27 heavy (non-hydrogen) atoms. The van der Waals surface area contributed by atoms with E-state index in [2.05, 4.69) is 43.4 Å². The third-order valence-corrected chi connectivity index (χ3v) is 5.67. The van der Waals surface area contributed by atoms with Gasteiger partial charge in [-0.15, -0.1) is 0 Å². The van der Waals surface area contributed by atoms with E-state index in [0.29, 0.717) is 0 Å². The average Bonchev–Trinajstić information content (AvgIpc) is 2.71. The summed E-state index contributed by atoms with van der Waals surface area (Å²) >= 11 is 0. The van der Waals surface area contributed by atoms with Crippen LogP contribution in [0, 0.1) is 0 Å². The number of hydrogen-bond acceptors (Lipinski definition) is 3. The molecule has 1 N–H and O–H groups in total. The first kappa shape index (κ1) is 18.0. The molecule has 0 aromatic heterocycles. The molecule has 3 heteroatoms. The highest BCUT2D eigenvalue weighted by Gasteiger charge is 2.26. The van der Waals surface area contributed by atoms with Gasteiger partial charge in [0.2, 0.25) is 0 Å². The Kier molecular flexibility index (Phi) is 5.11. The fraction of sp³-hybridized carbons (Fsp3) is 0.417. The molecule has 0 saturated carbocycles. The first-order valence-corrected chi connectivity index (χ1v) is 10.2. The van der Waals surface area contributed by atoms with Gasteiger partial charge < -0.3 is 14.8 Å². The molecule has 3 nitrogen and oxygen atoms in total. The van der Waals surface area contributed by atoms with Crippen LogP contribution in [0.3, 0.4) is 0 Å². The van der Waals surface area contributed by atoms with Crippen molar-refractivity contribution in [3.8, 4) is 11.5 Å². The summed E-state index contributed by atoms with van der Waals surface area (Å²) in [7, 11) is 1.71. The van der Waals surface area contributed by atoms with Crippen molar-refractivity contribution in [3.05, 3.63) is 52.6 Å². The Bertz CT molecular complexity index is 852. The number of ether oxygens (including phenoxy) is 2. The number of nitrogens with one attached hydrogen (secondary N) is 1. The Morgan fingerprint density at radius 1 is 1.11 bits per heavy atom. The minimum absolute atomic E-state index is 0.233. The monoisotopic (exact) mass is 363 g/mol. The maximum absolute atomic E-state index is 6.13. The van der Waals surface area contributed by atoms with Gasteiger partial charge in [0.25, 0.3) is 0 Å². The van der Waals surface area contributed by atoms with Crippen LogP contribution in [0.25, 0.3) is 11.6 Å². The zero-order valence-electron chi connectivity index (χ0n) is 16.6. The molecule has 1 aliphatic carbocycles. The van der Waals surface area contributed by atoms with Crippen LogP contribution < -0.4 is 14.8 Å². The topological polar surface area (TPSA) is 30.5 Å². The summed E-state index contributed by atoms with van der Waals surface area (Å²) in [6.07, 6.45) is 8.28. The molecule has 0 bridgehead atoms. The van der Waals surface area contributed by atoms with Crippen LogP contribution >= 0.6 is 0 Å². The fourth-order valence-corrected chi connectivity index (χ4v) is 4.24.